The molecule has 0 rings (SSSR count). The van der Waals surface area contributed by atoms with Crippen molar-refractivity contribution in [2.75, 3.05) is 6.54 Å². The van der Waals surface area contributed by atoms with Crippen molar-refractivity contribution in [1.82, 2.24) is 9.44 Å². The molecule has 0 aliphatic carbocycles. The van der Waals surface area contributed by atoms with Crippen LogP contribution in [0.25, 0.3) is 0 Å². The number of carboxylic acid groups (broad SMARTS) is 1. The molecule has 0 aliphatic heterocycles. The number of aliphatic carboxylic acids is 1. The lowest BCUT2D eigenvalue weighted by Crippen LogP contribution is -2.42. The fourth-order valence-electron chi connectivity index (χ4n) is 0.674. The Morgan fingerprint density at radius 2 is 1.86 bits per heavy atom. The Balaban J connectivity index is 4.06. The van der Waals surface area contributed by atoms with E-state index in [0.29, 0.717) is 0 Å². The molecule has 0 spiro atoms. The molecule has 1 unspecified atom stereocenters. The predicted octanol–water partition coefficient (Wildman–Crippen LogP) is -0.460. The highest BCUT2D eigenvalue weighted by Crippen LogP contribution is 1.93. The van der Waals surface area contributed by atoms with Gasteiger partial charge in [-0.15, -0.1) is 0 Å². The molecule has 0 fully saturated rings. The highest BCUT2D eigenvalue weighted by molar-refractivity contribution is 7.87. The van der Waals surface area contributed by atoms with E-state index in [4.69, 9.17) is 5.11 Å². The summed E-state index contributed by atoms with van der Waals surface area (Å²) in [7, 11) is -3.57. The number of nitrogens with one attached hydrogen (secondary N) is 2. The van der Waals surface area contributed by atoms with Crippen LogP contribution in [0.1, 0.15) is 20.8 Å². The predicted molar refractivity (Wildman–Crippen MR) is 52.0 cm³/mol. The summed E-state index contributed by atoms with van der Waals surface area (Å²) in [5.41, 5.74) is 0. The van der Waals surface area contributed by atoms with Gasteiger partial charge in [-0.05, 0) is 13.8 Å². The first-order chi connectivity index (χ1) is 6.24. The maximum absolute atomic E-state index is 11.2. The molecule has 0 aromatic heterocycles. The van der Waals surface area contributed by atoms with Crippen LogP contribution < -0.4 is 9.44 Å². The van der Waals surface area contributed by atoms with Gasteiger partial charge in [0.05, 0.1) is 5.92 Å². The first-order valence-electron chi connectivity index (χ1n) is 4.24. The summed E-state index contributed by atoms with van der Waals surface area (Å²) in [5, 5.41) is 8.51. The van der Waals surface area contributed by atoms with E-state index < -0.39 is 22.1 Å². The molecule has 0 aliphatic rings. The van der Waals surface area contributed by atoms with Crippen molar-refractivity contribution in [3.05, 3.63) is 0 Å². The van der Waals surface area contributed by atoms with Crippen LogP contribution in [0, 0.1) is 5.92 Å². The maximum Gasteiger partial charge on any atom is 0.307 e. The molecule has 0 aromatic rings. The van der Waals surface area contributed by atoms with Crippen molar-refractivity contribution >= 4 is 16.2 Å². The van der Waals surface area contributed by atoms with Crippen LogP contribution in [0.15, 0.2) is 0 Å². The van der Waals surface area contributed by atoms with Gasteiger partial charge >= 0.3 is 5.97 Å². The van der Waals surface area contributed by atoms with Crippen molar-refractivity contribution in [2.45, 2.75) is 26.8 Å². The second-order valence-corrected chi connectivity index (χ2v) is 4.89. The summed E-state index contributed by atoms with van der Waals surface area (Å²) in [5.74, 6) is -1.77. The van der Waals surface area contributed by atoms with E-state index in [1.165, 1.54) is 6.92 Å². The van der Waals surface area contributed by atoms with E-state index >= 15 is 0 Å². The van der Waals surface area contributed by atoms with Gasteiger partial charge in [0.2, 0.25) is 0 Å². The smallest absolute Gasteiger partial charge is 0.307 e. The third-order valence-corrected chi connectivity index (χ3v) is 2.72. The molecule has 0 aromatic carbocycles. The molecule has 7 heteroatoms. The SMILES string of the molecule is CC(C)NS(=O)(=O)NCC(C)C(=O)O. The summed E-state index contributed by atoms with van der Waals surface area (Å²) in [6, 6.07) is -0.215. The van der Waals surface area contributed by atoms with E-state index in [2.05, 4.69) is 9.44 Å². The third-order valence-electron chi connectivity index (χ3n) is 1.39. The summed E-state index contributed by atoms with van der Waals surface area (Å²) in [6.45, 7) is 4.68. The third kappa shape index (κ3) is 5.90. The fraction of sp³-hybridized carbons (Fsp3) is 0.857. The maximum atomic E-state index is 11.2. The highest BCUT2D eigenvalue weighted by Gasteiger charge is 2.16. The first kappa shape index (κ1) is 13.3. The monoisotopic (exact) mass is 224 g/mol. The summed E-state index contributed by atoms with van der Waals surface area (Å²) < 4.78 is 26.7. The lowest BCUT2D eigenvalue weighted by molar-refractivity contribution is -0.140. The Kier molecular flexibility index (Phi) is 5.03. The van der Waals surface area contributed by atoms with Crippen molar-refractivity contribution in [3.63, 3.8) is 0 Å². The van der Waals surface area contributed by atoms with Gasteiger partial charge in [0, 0.05) is 12.6 Å². The van der Waals surface area contributed by atoms with E-state index in [9.17, 15) is 13.2 Å². The number of hydrogen-bond acceptors (Lipinski definition) is 3. The minimum Gasteiger partial charge on any atom is -0.481 e. The van der Waals surface area contributed by atoms with Crippen LogP contribution >= 0.6 is 0 Å². The Hall–Kier alpha value is -0.660. The molecular formula is C7H16N2O4S. The number of rotatable bonds is 6. The molecule has 0 radical (unpaired) electrons. The van der Waals surface area contributed by atoms with Crippen molar-refractivity contribution in [2.24, 2.45) is 5.92 Å². The molecule has 3 N–H and O–H groups in total. The van der Waals surface area contributed by atoms with Crippen LogP contribution in [0.2, 0.25) is 0 Å². The molecular weight excluding hydrogens is 208 g/mol. The summed E-state index contributed by atoms with van der Waals surface area (Å²) in [4.78, 5) is 10.4. The first-order valence-corrected chi connectivity index (χ1v) is 5.72. The lowest BCUT2D eigenvalue weighted by Gasteiger charge is -2.12. The van der Waals surface area contributed by atoms with Gasteiger partial charge in [0.15, 0.2) is 0 Å². The zero-order valence-corrected chi connectivity index (χ0v) is 9.26. The molecule has 14 heavy (non-hydrogen) atoms. The Labute approximate surface area is 83.9 Å². The van der Waals surface area contributed by atoms with Crippen LogP contribution in [0.5, 0.6) is 0 Å². The fourth-order valence-corrected chi connectivity index (χ4v) is 1.85. The average molecular weight is 224 g/mol. The van der Waals surface area contributed by atoms with Crippen molar-refractivity contribution < 1.29 is 18.3 Å². The minimum absolute atomic E-state index is 0.114. The molecule has 1 atom stereocenters. The van der Waals surface area contributed by atoms with E-state index in [-0.39, 0.29) is 12.6 Å². The molecule has 84 valence electrons. The average Bonchev–Trinajstić information content (AvgIpc) is 1.97. The van der Waals surface area contributed by atoms with E-state index in [1.54, 1.807) is 13.8 Å². The summed E-state index contributed by atoms with van der Waals surface area (Å²) >= 11 is 0. The van der Waals surface area contributed by atoms with Gasteiger partial charge in [-0.25, -0.2) is 4.72 Å². The zero-order chi connectivity index (χ0) is 11.4. The number of hydrogen-bond donors (Lipinski definition) is 3. The Morgan fingerprint density at radius 3 is 2.21 bits per heavy atom. The molecule has 0 heterocycles. The van der Waals surface area contributed by atoms with E-state index in [1.807, 2.05) is 0 Å². The van der Waals surface area contributed by atoms with Gasteiger partial charge < -0.3 is 5.11 Å². The molecule has 0 saturated carbocycles. The van der Waals surface area contributed by atoms with Gasteiger partial charge in [-0.3, -0.25) is 4.79 Å². The highest BCUT2D eigenvalue weighted by atomic mass is 32.2. The Morgan fingerprint density at radius 1 is 1.36 bits per heavy atom. The zero-order valence-electron chi connectivity index (χ0n) is 8.44. The topological polar surface area (TPSA) is 95.5 Å². The second kappa shape index (κ2) is 5.28. The molecule has 0 saturated heterocycles. The Bertz CT molecular complexity index is 286. The van der Waals surface area contributed by atoms with Gasteiger partial charge in [0.25, 0.3) is 10.2 Å². The second-order valence-electron chi connectivity index (χ2n) is 3.36. The van der Waals surface area contributed by atoms with E-state index in [0.717, 1.165) is 0 Å². The standard InChI is InChI=1S/C7H16N2O4S/c1-5(2)9-14(12,13)8-4-6(3)7(10)11/h5-6,8-9H,4H2,1-3H3,(H,10,11). The van der Waals surface area contributed by atoms with Crippen LogP contribution in [-0.4, -0.2) is 32.1 Å². The van der Waals surface area contributed by atoms with Crippen LogP contribution in [-0.2, 0) is 15.0 Å². The largest absolute Gasteiger partial charge is 0.481 e. The summed E-state index contributed by atoms with van der Waals surface area (Å²) in [6.07, 6.45) is 0. The van der Waals surface area contributed by atoms with Crippen molar-refractivity contribution in [1.29, 1.82) is 0 Å². The molecule has 6 nitrogen and oxygen atoms in total. The lowest BCUT2D eigenvalue weighted by atomic mass is 10.2. The van der Waals surface area contributed by atoms with Gasteiger partial charge in [-0.2, -0.15) is 13.1 Å². The van der Waals surface area contributed by atoms with Crippen LogP contribution in [0.3, 0.4) is 0 Å². The van der Waals surface area contributed by atoms with Gasteiger partial charge in [0.1, 0.15) is 0 Å². The molecule has 0 bridgehead atoms. The number of carboxylic acids is 1. The van der Waals surface area contributed by atoms with Crippen LogP contribution in [0.4, 0.5) is 0 Å². The molecule has 0 amide bonds. The van der Waals surface area contributed by atoms with Crippen molar-refractivity contribution in [3.8, 4) is 0 Å². The number of carbonyl (C=O) groups is 1. The van der Waals surface area contributed by atoms with Gasteiger partial charge in [-0.1, -0.05) is 6.92 Å². The quantitative estimate of drug-likeness (QED) is 0.569. The minimum atomic E-state index is -3.57. The normalized spacial score (nSPS) is 14.3.